The number of hydrogen-bond donors (Lipinski definition) is 1. The molecule has 0 unspecified atom stereocenters. The van der Waals surface area contributed by atoms with E-state index in [1.54, 1.807) is 0 Å². The lowest BCUT2D eigenvalue weighted by atomic mass is 10.3. The third-order valence-electron chi connectivity index (χ3n) is 2.73. The predicted octanol–water partition coefficient (Wildman–Crippen LogP) is 1.98. The maximum Gasteiger partial charge on any atom is 0.0625 e. The Morgan fingerprint density at radius 3 is 2.82 bits per heavy atom. The van der Waals surface area contributed by atoms with Gasteiger partial charge in [0, 0.05) is 26.3 Å². The predicted molar refractivity (Wildman–Crippen MR) is 70.1 cm³/mol. The van der Waals surface area contributed by atoms with Crippen molar-refractivity contribution in [1.82, 2.24) is 15.1 Å². The van der Waals surface area contributed by atoms with Gasteiger partial charge < -0.3 is 10.1 Å². The molecule has 0 aliphatic carbocycles. The van der Waals surface area contributed by atoms with E-state index >= 15 is 0 Å². The van der Waals surface area contributed by atoms with Crippen LogP contribution in [0.25, 0.3) is 0 Å². The smallest absolute Gasteiger partial charge is 0.0625 e. The van der Waals surface area contributed by atoms with Crippen molar-refractivity contribution in [2.75, 3.05) is 19.8 Å². The molecule has 98 valence electrons. The third-order valence-corrected chi connectivity index (χ3v) is 2.73. The van der Waals surface area contributed by atoms with E-state index in [9.17, 15) is 0 Å². The summed E-state index contributed by atoms with van der Waals surface area (Å²) in [6, 6.07) is 2.19. The van der Waals surface area contributed by atoms with Gasteiger partial charge in [-0.1, -0.05) is 6.92 Å². The molecule has 0 aliphatic rings. The highest BCUT2D eigenvalue weighted by Gasteiger charge is 2.04. The quantitative estimate of drug-likeness (QED) is 0.670. The highest BCUT2D eigenvalue weighted by atomic mass is 16.5. The minimum atomic E-state index is 0.808. The molecule has 0 aliphatic heterocycles. The van der Waals surface area contributed by atoms with Gasteiger partial charge in [-0.2, -0.15) is 5.10 Å². The zero-order chi connectivity index (χ0) is 12.5. The molecule has 0 atom stereocenters. The van der Waals surface area contributed by atoms with Gasteiger partial charge in [-0.15, -0.1) is 0 Å². The van der Waals surface area contributed by atoms with Crippen molar-refractivity contribution >= 4 is 0 Å². The van der Waals surface area contributed by atoms with E-state index in [1.807, 2.05) is 6.92 Å². The second kappa shape index (κ2) is 8.25. The van der Waals surface area contributed by atoms with Crippen LogP contribution in [0.1, 0.15) is 38.6 Å². The van der Waals surface area contributed by atoms with E-state index in [0.717, 1.165) is 45.7 Å². The van der Waals surface area contributed by atoms with Crippen molar-refractivity contribution in [3.8, 4) is 0 Å². The van der Waals surface area contributed by atoms with Crippen molar-refractivity contribution in [1.29, 1.82) is 0 Å². The van der Waals surface area contributed by atoms with Crippen molar-refractivity contribution in [3.05, 3.63) is 17.5 Å². The average molecular weight is 239 g/mol. The summed E-state index contributed by atoms with van der Waals surface area (Å²) in [4.78, 5) is 0. The van der Waals surface area contributed by atoms with Crippen molar-refractivity contribution < 1.29 is 4.74 Å². The van der Waals surface area contributed by atoms with Crippen LogP contribution in [-0.2, 0) is 24.2 Å². The van der Waals surface area contributed by atoms with Crippen LogP contribution in [0.4, 0.5) is 0 Å². The topological polar surface area (TPSA) is 39.1 Å². The van der Waals surface area contributed by atoms with E-state index in [1.165, 1.54) is 11.4 Å². The zero-order valence-corrected chi connectivity index (χ0v) is 11.3. The highest BCUT2D eigenvalue weighted by Crippen LogP contribution is 2.05. The first-order valence-electron chi connectivity index (χ1n) is 6.65. The third kappa shape index (κ3) is 4.88. The summed E-state index contributed by atoms with van der Waals surface area (Å²) in [5, 5.41) is 7.96. The molecule has 0 saturated heterocycles. The van der Waals surface area contributed by atoms with E-state index in [-0.39, 0.29) is 0 Å². The average Bonchev–Trinajstić information content (AvgIpc) is 2.76. The summed E-state index contributed by atoms with van der Waals surface area (Å²) >= 11 is 0. The number of ether oxygens (including phenoxy) is 1. The molecule has 0 fully saturated rings. The molecule has 0 bridgehead atoms. The maximum atomic E-state index is 5.29. The Hall–Kier alpha value is -0.870. The van der Waals surface area contributed by atoms with Gasteiger partial charge in [0.05, 0.1) is 11.4 Å². The Morgan fingerprint density at radius 2 is 2.18 bits per heavy atom. The Bertz CT molecular complexity index is 310. The van der Waals surface area contributed by atoms with Gasteiger partial charge in [0.25, 0.3) is 0 Å². The second-order valence-electron chi connectivity index (χ2n) is 4.02. The van der Waals surface area contributed by atoms with Gasteiger partial charge in [0.15, 0.2) is 0 Å². The SMILES string of the molecule is CCOCCCNCc1cc(CC)nn1CC. The molecular formula is C13H25N3O. The normalized spacial score (nSPS) is 11.0. The Kier molecular flexibility index (Phi) is 6.89. The van der Waals surface area contributed by atoms with Gasteiger partial charge in [-0.3, -0.25) is 4.68 Å². The zero-order valence-electron chi connectivity index (χ0n) is 11.3. The number of rotatable bonds is 9. The lowest BCUT2D eigenvalue weighted by Crippen LogP contribution is -2.18. The summed E-state index contributed by atoms with van der Waals surface area (Å²) in [5.74, 6) is 0. The minimum absolute atomic E-state index is 0.808. The van der Waals surface area contributed by atoms with Crippen LogP contribution in [0.15, 0.2) is 6.07 Å². The van der Waals surface area contributed by atoms with Crippen LogP contribution in [0, 0.1) is 0 Å². The Labute approximate surface area is 104 Å². The molecule has 1 rings (SSSR count). The number of aromatic nitrogens is 2. The first-order chi connectivity index (χ1) is 8.31. The fourth-order valence-corrected chi connectivity index (χ4v) is 1.76. The molecule has 4 heteroatoms. The molecule has 0 spiro atoms. The van der Waals surface area contributed by atoms with E-state index < -0.39 is 0 Å². The molecule has 4 nitrogen and oxygen atoms in total. The fraction of sp³-hybridized carbons (Fsp3) is 0.769. The molecule has 1 aromatic heterocycles. The van der Waals surface area contributed by atoms with Crippen LogP contribution < -0.4 is 5.32 Å². The largest absolute Gasteiger partial charge is 0.382 e. The van der Waals surface area contributed by atoms with Gasteiger partial charge in [0.1, 0.15) is 0 Å². The summed E-state index contributed by atoms with van der Waals surface area (Å²) in [7, 11) is 0. The Morgan fingerprint density at radius 1 is 1.35 bits per heavy atom. The molecular weight excluding hydrogens is 214 g/mol. The van der Waals surface area contributed by atoms with Gasteiger partial charge in [-0.05, 0) is 39.3 Å². The van der Waals surface area contributed by atoms with Crippen LogP contribution in [0.2, 0.25) is 0 Å². The molecule has 0 amide bonds. The molecule has 0 radical (unpaired) electrons. The number of aryl methyl sites for hydroxylation is 2. The van der Waals surface area contributed by atoms with E-state index in [4.69, 9.17) is 4.74 Å². The summed E-state index contributed by atoms with van der Waals surface area (Å²) < 4.78 is 7.37. The molecule has 17 heavy (non-hydrogen) atoms. The summed E-state index contributed by atoms with van der Waals surface area (Å²) in [5.41, 5.74) is 2.46. The maximum absolute atomic E-state index is 5.29. The second-order valence-corrected chi connectivity index (χ2v) is 4.02. The first-order valence-corrected chi connectivity index (χ1v) is 6.65. The van der Waals surface area contributed by atoms with E-state index in [0.29, 0.717) is 0 Å². The first kappa shape index (κ1) is 14.2. The molecule has 0 saturated carbocycles. The van der Waals surface area contributed by atoms with E-state index in [2.05, 4.69) is 35.0 Å². The van der Waals surface area contributed by atoms with Crippen molar-refractivity contribution in [3.63, 3.8) is 0 Å². The molecule has 1 N–H and O–H groups in total. The monoisotopic (exact) mass is 239 g/mol. The minimum Gasteiger partial charge on any atom is -0.382 e. The molecule has 0 aromatic carbocycles. The van der Waals surface area contributed by atoms with Crippen LogP contribution in [-0.4, -0.2) is 29.5 Å². The van der Waals surface area contributed by atoms with Crippen LogP contribution >= 0.6 is 0 Å². The fourth-order valence-electron chi connectivity index (χ4n) is 1.76. The van der Waals surface area contributed by atoms with Crippen molar-refractivity contribution in [2.45, 2.75) is 46.7 Å². The molecule has 1 aromatic rings. The standard InChI is InChI=1S/C13H25N3O/c1-4-12-10-13(16(5-2)15-12)11-14-8-7-9-17-6-3/h10,14H,4-9,11H2,1-3H3. The summed E-state index contributed by atoms with van der Waals surface area (Å²) in [6.45, 7) is 10.8. The number of nitrogens with one attached hydrogen (secondary N) is 1. The van der Waals surface area contributed by atoms with Gasteiger partial charge >= 0.3 is 0 Å². The number of hydrogen-bond acceptors (Lipinski definition) is 3. The summed E-state index contributed by atoms with van der Waals surface area (Å²) in [6.07, 6.45) is 2.07. The highest BCUT2D eigenvalue weighted by molar-refractivity contribution is 5.10. The van der Waals surface area contributed by atoms with Crippen LogP contribution in [0.3, 0.4) is 0 Å². The van der Waals surface area contributed by atoms with Crippen molar-refractivity contribution in [2.24, 2.45) is 0 Å². The van der Waals surface area contributed by atoms with Gasteiger partial charge in [-0.25, -0.2) is 0 Å². The lowest BCUT2D eigenvalue weighted by molar-refractivity contribution is 0.144. The lowest BCUT2D eigenvalue weighted by Gasteiger charge is -2.06. The van der Waals surface area contributed by atoms with Gasteiger partial charge in [0.2, 0.25) is 0 Å². The number of nitrogens with zero attached hydrogens (tertiary/aromatic N) is 2. The molecule has 1 heterocycles. The Balaban J connectivity index is 2.28. The van der Waals surface area contributed by atoms with Crippen LogP contribution in [0.5, 0.6) is 0 Å².